The minimum absolute atomic E-state index is 0.159. The number of allylic oxidation sites excluding steroid dienone is 5. The number of hydrogen-bond acceptors (Lipinski definition) is 4. The van der Waals surface area contributed by atoms with Crippen molar-refractivity contribution >= 4 is 27.7 Å². The molecule has 0 radical (unpaired) electrons. The van der Waals surface area contributed by atoms with Gasteiger partial charge in [0.2, 0.25) is 5.88 Å². The maximum atomic E-state index is 14.0. The van der Waals surface area contributed by atoms with Gasteiger partial charge in [-0.3, -0.25) is 0 Å². The summed E-state index contributed by atoms with van der Waals surface area (Å²) in [7, 11) is -4.02. The highest BCUT2D eigenvalue weighted by Crippen LogP contribution is 2.42. The van der Waals surface area contributed by atoms with Gasteiger partial charge < -0.3 is 4.74 Å². The van der Waals surface area contributed by atoms with Gasteiger partial charge in [0.05, 0.1) is 10.6 Å². The molecule has 180 valence electrons. The van der Waals surface area contributed by atoms with Gasteiger partial charge in [0.1, 0.15) is 11.7 Å². The van der Waals surface area contributed by atoms with Crippen LogP contribution in [0.5, 0.6) is 0 Å². The number of ether oxygens (including phenoxy) is 1. The molecule has 1 aliphatic carbocycles. The maximum absolute atomic E-state index is 14.0. The van der Waals surface area contributed by atoms with Gasteiger partial charge >= 0.3 is 0 Å². The minimum Gasteiger partial charge on any atom is -0.443 e. The Bertz CT molecular complexity index is 1530. The predicted molar refractivity (Wildman–Crippen MR) is 141 cm³/mol. The van der Waals surface area contributed by atoms with Crippen LogP contribution in [-0.2, 0) is 19.6 Å². The van der Waals surface area contributed by atoms with Gasteiger partial charge in [-0.2, -0.15) is 0 Å². The summed E-state index contributed by atoms with van der Waals surface area (Å²) >= 11 is 0. The third-order valence-electron chi connectivity index (χ3n) is 6.20. The number of anilines is 1. The molecule has 0 bridgehead atoms. The molecule has 2 aliphatic rings. The van der Waals surface area contributed by atoms with Crippen molar-refractivity contribution in [2.75, 3.05) is 4.31 Å². The molecule has 0 spiro atoms. The van der Waals surface area contributed by atoms with E-state index in [4.69, 9.17) is 4.74 Å². The first kappa shape index (κ1) is 23.6. The van der Waals surface area contributed by atoms with Crippen LogP contribution in [0.3, 0.4) is 0 Å². The number of hydrogen-bond donors (Lipinski definition) is 0. The number of nitrogens with zero attached hydrogens (tertiary/aromatic N) is 1. The van der Waals surface area contributed by atoms with Crippen molar-refractivity contribution in [1.82, 2.24) is 0 Å². The second-order valence-corrected chi connectivity index (χ2v) is 10.5. The molecule has 3 aromatic carbocycles. The lowest BCUT2D eigenvalue weighted by atomic mass is 9.86. The van der Waals surface area contributed by atoms with Crippen molar-refractivity contribution in [3.63, 3.8) is 0 Å². The lowest BCUT2D eigenvalue weighted by Gasteiger charge is -2.33. The van der Waals surface area contributed by atoms with Gasteiger partial charge in [0.15, 0.2) is 0 Å². The molecule has 0 aromatic heterocycles. The molecule has 5 rings (SSSR count). The van der Waals surface area contributed by atoms with Crippen LogP contribution < -0.4 is 4.31 Å². The molecular weight excluding hydrogens is 470 g/mol. The first-order chi connectivity index (χ1) is 17.5. The highest BCUT2D eigenvalue weighted by molar-refractivity contribution is 7.93. The van der Waals surface area contributed by atoms with E-state index in [1.807, 2.05) is 49.4 Å². The van der Waals surface area contributed by atoms with E-state index in [2.05, 4.69) is 5.94 Å². The topological polar surface area (TPSA) is 63.7 Å². The molecule has 3 aromatic rings. The first-order valence-corrected chi connectivity index (χ1v) is 13.2. The van der Waals surface area contributed by atoms with Crippen LogP contribution in [0.25, 0.3) is 6.08 Å². The fourth-order valence-corrected chi connectivity index (χ4v) is 5.87. The first-order valence-electron chi connectivity index (χ1n) is 11.8. The molecule has 0 saturated heterocycles. The third-order valence-corrected chi connectivity index (χ3v) is 7.94. The number of benzene rings is 3. The van der Waals surface area contributed by atoms with Crippen molar-refractivity contribution in [2.45, 2.75) is 31.1 Å². The Morgan fingerprint density at radius 1 is 0.889 bits per heavy atom. The summed E-state index contributed by atoms with van der Waals surface area (Å²) in [4.78, 5) is 12.0. The summed E-state index contributed by atoms with van der Waals surface area (Å²) in [6.07, 6.45) is 5.57. The molecule has 0 fully saturated rings. The van der Waals surface area contributed by atoms with E-state index in [1.165, 1.54) is 4.31 Å². The van der Waals surface area contributed by atoms with E-state index in [0.717, 1.165) is 23.1 Å². The van der Waals surface area contributed by atoms with Gasteiger partial charge in [0.25, 0.3) is 10.0 Å². The van der Waals surface area contributed by atoms with Crippen LogP contribution in [0.15, 0.2) is 124 Å². The zero-order chi connectivity index (χ0) is 25.1. The summed E-state index contributed by atoms with van der Waals surface area (Å²) in [6, 6.07) is 25.3. The van der Waals surface area contributed by atoms with Crippen molar-refractivity contribution in [3.05, 3.63) is 130 Å². The molecule has 6 heteroatoms. The van der Waals surface area contributed by atoms with Gasteiger partial charge in [-0.25, -0.2) is 17.5 Å². The second-order valence-electron chi connectivity index (χ2n) is 8.75. The lowest BCUT2D eigenvalue weighted by molar-refractivity contribution is 0.273. The Balaban J connectivity index is 1.71. The normalized spacial score (nSPS) is 16.6. The third kappa shape index (κ3) is 4.57. The Labute approximate surface area is 211 Å². The average Bonchev–Trinajstić information content (AvgIpc) is 2.90. The molecule has 0 N–H and O–H groups in total. The lowest BCUT2D eigenvalue weighted by Crippen LogP contribution is -2.33. The molecular formula is C30H25NO4S. The van der Waals surface area contributed by atoms with E-state index in [1.54, 1.807) is 54.6 Å². The fourth-order valence-electron chi connectivity index (χ4n) is 4.45. The molecule has 0 saturated carbocycles. The highest BCUT2D eigenvalue weighted by atomic mass is 32.2. The van der Waals surface area contributed by atoms with Crippen LogP contribution in [0.2, 0.25) is 0 Å². The smallest absolute Gasteiger partial charge is 0.271 e. The summed E-state index contributed by atoms with van der Waals surface area (Å²) in [5.74, 6) is 2.83. The van der Waals surface area contributed by atoms with Crippen molar-refractivity contribution in [1.29, 1.82) is 0 Å². The van der Waals surface area contributed by atoms with E-state index >= 15 is 0 Å². The molecule has 1 aliphatic heterocycles. The van der Waals surface area contributed by atoms with Crippen molar-refractivity contribution in [3.8, 4) is 0 Å². The van der Waals surface area contributed by atoms with Crippen LogP contribution in [0.4, 0.5) is 5.69 Å². The Morgan fingerprint density at radius 3 is 2.22 bits per heavy atom. The average molecular weight is 496 g/mol. The summed E-state index contributed by atoms with van der Waals surface area (Å²) < 4.78 is 35.5. The monoisotopic (exact) mass is 495 g/mol. The van der Waals surface area contributed by atoms with E-state index < -0.39 is 10.0 Å². The summed E-state index contributed by atoms with van der Waals surface area (Å²) in [5.41, 5.74) is 4.31. The molecule has 5 nitrogen and oxygen atoms in total. The number of sulfonamides is 1. The van der Waals surface area contributed by atoms with Gasteiger partial charge in [0, 0.05) is 23.6 Å². The zero-order valence-corrected chi connectivity index (χ0v) is 20.7. The zero-order valence-electron chi connectivity index (χ0n) is 19.8. The molecule has 0 unspecified atom stereocenters. The Kier molecular flexibility index (Phi) is 6.47. The summed E-state index contributed by atoms with van der Waals surface area (Å²) in [5, 5.41) is 0. The van der Waals surface area contributed by atoms with Gasteiger partial charge in [-0.05, 0) is 61.2 Å². The molecule has 0 amide bonds. The summed E-state index contributed by atoms with van der Waals surface area (Å²) in [6.45, 7) is 1.91. The van der Waals surface area contributed by atoms with E-state index in [0.29, 0.717) is 35.4 Å². The van der Waals surface area contributed by atoms with Crippen LogP contribution >= 0.6 is 0 Å². The number of aryl methyl sites for hydroxylation is 1. The predicted octanol–water partition coefficient (Wildman–Crippen LogP) is 6.34. The number of carbonyl (C=O) groups excluding carboxylic acids is 1. The maximum Gasteiger partial charge on any atom is 0.271 e. The quantitative estimate of drug-likeness (QED) is 0.388. The fraction of sp³-hybridized carbons (Fsp3) is 0.133. The Hall–Kier alpha value is -4.12. The molecule has 36 heavy (non-hydrogen) atoms. The van der Waals surface area contributed by atoms with E-state index in [9.17, 15) is 13.2 Å². The highest BCUT2D eigenvalue weighted by Gasteiger charge is 2.35. The van der Waals surface area contributed by atoms with E-state index in [-0.39, 0.29) is 10.8 Å². The van der Waals surface area contributed by atoms with Crippen LogP contribution in [-0.4, -0.2) is 14.4 Å². The minimum atomic E-state index is -4.02. The second kappa shape index (κ2) is 9.86. The van der Waals surface area contributed by atoms with Gasteiger partial charge in [-0.1, -0.05) is 66.2 Å². The largest absolute Gasteiger partial charge is 0.443 e. The van der Waals surface area contributed by atoms with Crippen molar-refractivity contribution < 1.29 is 17.9 Å². The number of para-hydroxylation sites is 1. The van der Waals surface area contributed by atoms with Crippen LogP contribution in [0, 0.1) is 6.92 Å². The SMILES string of the molecule is Cc1ccc(S(=O)(=O)N(C2=CC(=Cc3ccccc3)C3=C(CCCC3=C=O)O2)c2ccccc2)cc1. The molecule has 1 heterocycles. The van der Waals surface area contributed by atoms with Crippen LogP contribution in [0.1, 0.15) is 30.4 Å². The number of rotatable bonds is 5. The van der Waals surface area contributed by atoms with Gasteiger partial charge in [-0.15, -0.1) is 0 Å². The van der Waals surface area contributed by atoms with Crippen molar-refractivity contribution in [2.24, 2.45) is 0 Å². The Morgan fingerprint density at radius 2 is 1.56 bits per heavy atom. The molecule has 0 atom stereocenters. The standard InChI is InChI=1S/C30H25NO4S/c1-22-15-17-27(18-16-22)36(33,34)31(26-12-6-3-7-13-26)29-20-25(19-23-9-4-2-5-10-23)30-24(21-32)11-8-14-28(30)35-29/h2-7,9-10,12-13,15-20H,8,11,14H2,1H3.